The predicted octanol–water partition coefficient (Wildman–Crippen LogP) is 1.97. The normalized spacial score (nSPS) is 27.4. The summed E-state index contributed by atoms with van der Waals surface area (Å²) in [7, 11) is 0. The van der Waals surface area contributed by atoms with E-state index in [9.17, 15) is 9.90 Å². The zero-order chi connectivity index (χ0) is 14.8. The van der Waals surface area contributed by atoms with E-state index < -0.39 is 11.6 Å². The molecule has 0 atom stereocenters. The first kappa shape index (κ1) is 15.4. The SMILES string of the molecule is CC(C)(NCC1(O)CCC(C(=O)O)CC1)c1nccs1. The van der Waals surface area contributed by atoms with Gasteiger partial charge in [0.25, 0.3) is 0 Å². The lowest BCUT2D eigenvalue weighted by molar-refractivity contribution is -0.144. The molecule has 0 radical (unpaired) electrons. The molecule has 1 aromatic heterocycles. The van der Waals surface area contributed by atoms with Crippen molar-refractivity contribution < 1.29 is 15.0 Å². The molecule has 0 aliphatic heterocycles. The average Bonchev–Trinajstić information content (AvgIpc) is 2.92. The molecule has 1 saturated carbocycles. The minimum absolute atomic E-state index is 0.284. The second-order valence-electron chi connectivity index (χ2n) is 6.15. The smallest absolute Gasteiger partial charge is 0.306 e. The van der Waals surface area contributed by atoms with Gasteiger partial charge in [-0.15, -0.1) is 11.3 Å². The Labute approximate surface area is 123 Å². The second-order valence-corrected chi connectivity index (χ2v) is 7.05. The van der Waals surface area contributed by atoms with Crippen molar-refractivity contribution in [3.8, 4) is 0 Å². The number of aliphatic carboxylic acids is 1. The summed E-state index contributed by atoms with van der Waals surface area (Å²) in [4.78, 5) is 15.2. The van der Waals surface area contributed by atoms with Gasteiger partial charge in [-0.3, -0.25) is 4.79 Å². The van der Waals surface area contributed by atoms with Gasteiger partial charge in [0.2, 0.25) is 0 Å². The van der Waals surface area contributed by atoms with E-state index in [1.807, 2.05) is 19.2 Å². The van der Waals surface area contributed by atoms with Crippen LogP contribution < -0.4 is 5.32 Å². The Bertz CT molecular complexity index is 451. The van der Waals surface area contributed by atoms with Gasteiger partial charge in [0.1, 0.15) is 5.01 Å². The fraction of sp³-hybridized carbons (Fsp3) is 0.714. The van der Waals surface area contributed by atoms with Crippen molar-refractivity contribution in [3.05, 3.63) is 16.6 Å². The second kappa shape index (κ2) is 5.79. The molecule has 1 heterocycles. The Hall–Kier alpha value is -0.980. The van der Waals surface area contributed by atoms with Gasteiger partial charge in [-0.05, 0) is 39.5 Å². The molecule has 2 rings (SSSR count). The Morgan fingerprint density at radius 1 is 1.55 bits per heavy atom. The fourth-order valence-electron chi connectivity index (χ4n) is 2.57. The minimum Gasteiger partial charge on any atom is -0.481 e. The summed E-state index contributed by atoms with van der Waals surface area (Å²) in [5, 5.41) is 25.8. The van der Waals surface area contributed by atoms with Crippen LogP contribution in [0.25, 0.3) is 0 Å². The molecule has 6 heteroatoms. The summed E-state index contributed by atoms with van der Waals surface area (Å²) in [6.45, 7) is 4.54. The highest BCUT2D eigenvalue weighted by Crippen LogP contribution is 2.33. The van der Waals surface area contributed by atoms with E-state index in [-0.39, 0.29) is 11.5 Å². The Morgan fingerprint density at radius 2 is 2.20 bits per heavy atom. The van der Waals surface area contributed by atoms with Crippen LogP contribution in [0.15, 0.2) is 11.6 Å². The number of aliphatic hydroxyl groups is 1. The van der Waals surface area contributed by atoms with E-state index in [0.717, 1.165) is 5.01 Å². The number of carboxylic acid groups (broad SMARTS) is 1. The maximum atomic E-state index is 10.9. The van der Waals surface area contributed by atoms with Crippen LogP contribution in [0.3, 0.4) is 0 Å². The number of nitrogens with zero attached hydrogens (tertiary/aromatic N) is 1. The monoisotopic (exact) mass is 298 g/mol. The molecule has 0 bridgehead atoms. The van der Waals surface area contributed by atoms with Gasteiger partial charge in [-0.2, -0.15) is 0 Å². The highest BCUT2D eigenvalue weighted by atomic mass is 32.1. The number of rotatable bonds is 5. The van der Waals surface area contributed by atoms with Crippen LogP contribution in [-0.2, 0) is 10.3 Å². The van der Waals surface area contributed by atoms with Crippen molar-refractivity contribution in [1.29, 1.82) is 0 Å². The lowest BCUT2D eigenvalue weighted by Gasteiger charge is -2.37. The molecule has 0 amide bonds. The van der Waals surface area contributed by atoms with Gasteiger partial charge in [-0.25, -0.2) is 4.98 Å². The van der Waals surface area contributed by atoms with Gasteiger partial charge in [0, 0.05) is 18.1 Å². The maximum absolute atomic E-state index is 10.9. The summed E-state index contributed by atoms with van der Waals surface area (Å²) in [6, 6.07) is 0. The van der Waals surface area contributed by atoms with Crippen LogP contribution in [0.4, 0.5) is 0 Å². The molecule has 112 valence electrons. The fourth-order valence-corrected chi connectivity index (χ4v) is 3.31. The van der Waals surface area contributed by atoms with Crippen molar-refractivity contribution in [2.45, 2.75) is 50.7 Å². The van der Waals surface area contributed by atoms with Gasteiger partial charge in [0.15, 0.2) is 0 Å². The first-order chi connectivity index (χ1) is 9.32. The van der Waals surface area contributed by atoms with Crippen LogP contribution in [0.5, 0.6) is 0 Å². The number of thiazole rings is 1. The van der Waals surface area contributed by atoms with Crippen LogP contribution in [0.1, 0.15) is 44.5 Å². The summed E-state index contributed by atoms with van der Waals surface area (Å²) >= 11 is 1.59. The molecule has 5 nitrogen and oxygen atoms in total. The zero-order valence-electron chi connectivity index (χ0n) is 11.9. The molecule has 1 aromatic rings. The standard InChI is InChI=1S/C14H22N2O3S/c1-13(2,12-15-7-8-20-12)16-9-14(19)5-3-10(4-6-14)11(17)18/h7-8,10,16,19H,3-6,9H2,1-2H3,(H,17,18). The lowest BCUT2D eigenvalue weighted by atomic mass is 9.78. The first-order valence-electron chi connectivity index (χ1n) is 6.93. The predicted molar refractivity (Wildman–Crippen MR) is 77.7 cm³/mol. The van der Waals surface area contributed by atoms with Gasteiger partial charge in [0.05, 0.1) is 17.1 Å². The van der Waals surface area contributed by atoms with Crippen molar-refractivity contribution in [1.82, 2.24) is 10.3 Å². The van der Waals surface area contributed by atoms with E-state index in [4.69, 9.17) is 5.11 Å². The third-order valence-electron chi connectivity index (χ3n) is 4.09. The lowest BCUT2D eigenvalue weighted by Crippen LogP contribution is -2.49. The number of aromatic nitrogens is 1. The third kappa shape index (κ3) is 3.56. The minimum atomic E-state index is -0.805. The van der Waals surface area contributed by atoms with Gasteiger partial charge < -0.3 is 15.5 Å². The topological polar surface area (TPSA) is 82.5 Å². The van der Waals surface area contributed by atoms with Crippen molar-refractivity contribution >= 4 is 17.3 Å². The average molecular weight is 298 g/mol. The van der Waals surface area contributed by atoms with Gasteiger partial charge >= 0.3 is 5.97 Å². The Balaban J connectivity index is 1.89. The summed E-state index contributed by atoms with van der Waals surface area (Å²) in [5.74, 6) is -1.05. The van der Waals surface area contributed by atoms with Crippen LogP contribution in [0.2, 0.25) is 0 Å². The molecule has 1 fully saturated rings. The quantitative estimate of drug-likeness (QED) is 0.774. The van der Waals surface area contributed by atoms with Crippen molar-refractivity contribution in [2.75, 3.05) is 6.54 Å². The van der Waals surface area contributed by atoms with Crippen molar-refractivity contribution in [2.24, 2.45) is 5.92 Å². The largest absolute Gasteiger partial charge is 0.481 e. The Morgan fingerprint density at radius 3 is 2.70 bits per heavy atom. The summed E-state index contributed by atoms with van der Waals surface area (Å²) in [6.07, 6.45) is 3.93. The first-order valence-corrected chi connectivity index (χ1v) is 7.81. The van der Waals surface area contributed by atoms with Gasteiger partial charge in [-0.1, -0.05) is 0 Å². The van der Waals surface area contributed by atoms with Crippen LogP contribution in [0, 0.1) is 5.92 Å². The number of carbonyl (C=O) groups is 1. The molecule has 0 spiro atoms. The highest BCUT2D eigenvalue weighted by Gasteiger charge is 2.37. The molecule has 0 saturated heterocycles. The number of hydrogen-bond acceptors (Lipinski definition) is 5. The highest BCUT2D eigenvalue weighted by molar-refractivity contribution is 7.09. The molecule has 1 aliphatic carbocycles. The molecule has 0 unspecified atom stereocenters. The van der Waals surface area contributed by atoms with Crippen LogP contribution >= 0.6 is 11.3 Å². The molecular weight excluding hydrogens is 276 g/mol. The van der Waals surface area contributed by atoms with E-state index in [2.05, 4.69) is 10.3 Å². The zero-order valence-corrected chi connectivity index (χ0v) is 12.7. The van der Waals surface area contributed by atoms with E-state index >= 15 is 0 Å². The molecule has 1 aliphatic rings. The number of nitrogens with one attached hydrogen (secondary N) is 1. The maximum Gasteiger partial charge on any atom is 0.306 e. The molecule has 3 N–H and O–H groups in total. The van der Waals surface area contributed by atoms with Crippen LogP contribution in [-0.4, -0.2) is 33.3 Å². The summed E-state index contributed by atoms with van der Waals surface area (Å²) < 4.78 is 0. The molecular formula is C14H22N2O3S. The summed E-state index contributed by atoms with van der Waals surface area (Å²) in [5.41, 5.74) is -1.09. The van der Waals surface area contributed by atoms with Crippen molar-refractivity contribution in [3.63, 3.8) is 0 Å². The molecule has 0 aromatic carbocycles. The third-order valence-corrected chi connectivity index (χ3v) is 5.19. The van der Waals surface area contributed by atoms with E-state index in [0.29, 0.717) is 32.2 Å². The number of carboxylic acids is 1. The van der Waals surface area contributed by atoms with E-state index in [1.54, 1.807) is 17.5 Å². The van der Waals surface area contributed by atoms with E-state index in [1.165, 1.54) is 0 Å². The number of hydrogen-bond donors (Lipinski definition) is 3. The Kier molecular flexibility index (Phi) is 4.46. The molecule has 20 heavy (non-hydrogen) atoms.